The molecule has 0 spiro atoms. The molecule has 2 fully saturated rings. The third-order valence-corrected chi connectivity index (χ3v) is 4.71. The van der Waals surface area contributed by atoms with Crippen molar-refractivity contribution in [3.8, 4) is 0 Å². The number of fused-ring (bicyclic) bond motifs is 2. The van der Waals surface area contributed by atoms with Crippen LogP contribution in [0.4, 0.5) is 10.1 Å². The van der Waals surface area contributed by atoms with Crippen molar-refractivity contribution in [2.75, 3.05) is 12.4 Å². The quantitative estimate of drug-likeness (QED) is 0.888. The smallest absolute Gasteiger partial charge is 0.248 e. The fourth-order valence-corrected chi connectivity index (χ4v) is 3.54. The lowest BCUT2D eigenvalue weighted by Gasteiger charge is -2.37. The Morgan fingerprint density at radius 2 is 2.00 bits per heavy atom. The average Bonchev–Trinajstić information content (AvgIpc) is 2.64. The van der Waals surface area contributed by atoms with E-state index in [2.05, 4.69) is 17.3 Å². The zero-order valence-electron chi connectivity index (χ0n) is 11.6. The Hall–Kier alpha value is -1.62. The van der Waals surface area contributed by atoms with E-state index in [0.717, 1.165) is 12.8 Å². The van der Waals surface area contributed by atoms with E-state index in [9.17, 15) is 9.18 Å². The van der Waals surface area contributed by atoms with E-state index < -0.39 is 5.91 Å². The summed E-state index contributed by atoms with van der Waals surface area (Å²) < 4.78 is 13.8. The van der Waals surface area contributed by atoms with E-state index in [0.29, 0.717) is 23.3 Å². The molecule has 2 aliphatic rings. The number of nitrogens with zero attached hydrogens (tertiary/aromatic N) is 1. The molecular weight excluding hydrogens is 257 g/mol. The highest BCUT2D eigenvalue weighted by Crippen LogP contribution is 2.35. The maximum absolute atomic E-state index is 13.8. The van der Waals surface area contributed by atoms with Gasteiger partial charge in [-0.1, -0.05) is 0 Å². The molecule has 4 nitrogen and oxygen atoms in total. The van der Waals surface area contributed by atoms with Crippen molar-refractivity contribution in [3.63, 3.8) is 0 Å². The van der Waals surface area contributed by atoms with Gasteiger partial charge in [-0.05, 0) is 50.9 Å². The van der Waals surface area contributed by atoms with Crippen LogP contribution in [0.2, 0.25) is 0 Å². The first kappa shape index (κ1) is 13.4. The van der Waals surface area contributed by atoms with Crippen LogP contribution in [0.3, 0.4) is 0 Å². The Bertz CT molecular complexity index is 520. The van der Waals surface area contributed by atoms with E-state index in [1.165, 1.54) is 31.0 Å². The number of benzene rings is 1. The van der Waals surface area contributed by atoms with Crippen molar-refractivity contribution < 1.29 is 9.18 Å². The van der Waals surface area contributed by atoms with Crippen molar-refractivity contribution in [1.82, 2.24) is 4.90 Å². The molecule has 0 radical (unpaired) electrons. The number of carbonyl (C=O) groups is 1. The number of halogens is 1. The molecule has 2 saturated heterocycles. The highest BCUT2D eigenvalue weighted by Gasteiger charge is 2.38. The SMILES string of the molecule is CN1C2CCC1CC(Nc1cc(C(N)=O)ccc1F)C2. The number of nitrogens with one attached hydrogen (secondary N) is 1. The zero-order valence-corrected chi connectivity index (χ0v) is 11.6. The second-order valence-corrected chi connectivity index (χ2v) is 5.92. The maximum atomic E-state index is 13.8. The number of amides is 1. The van der Waals surface area contributed by atoms with Gasteiger partial charge in [-0.3, -0.25) is 4.79 Å². The Kier molecular flexibility index (Phi) is 3.38. The van der Waals surface area contributed by atoms with Crippen molar-refractivity contribution in [2.24, 2.45) is 5.73 Å². The van der Waals surface area contributed by atoms with Crippen molar-refractivity contribution in [1.29, 1.82) is 0 Å². The molecule has 1 amide bonds. The number of piperidine rings is 1. The van der Waals surface area contributed by atoms with E-state index in [-0.39, 0.29) is 11.9 Å². The molecule has 2 bridgehead atoms. The van der Waals surface area contributed by atoms with Crippen LogP contribution in [-0.2, 0) is 0 Å². The van der Waals surface area contributed by atoms with Crippen LogP contribution in [0.15, 0.2) is 18.2 Å². The molecule has 3 N–H and O–H groups in total. The summed E-state index contributed by atoms with van der Waals surface area (Å²) in [6, 6.07) is 5.68. The normalized spacial score (nSPS) is 29.4. The summed E-state index contributed by atoms with van der Waals surface area (Å²) in [5.41, 5.74) is 5.96. The molecule has 108 valence electrons. The molecule has 1 aromatic carbocycles. The van der Waals surface area contributed by atoms with Crippen LogP contribution in [0.1, 0.15) is 36.0 Å². The largest absolute Gasteiger partial charge is 0.380 e. The zero-order chi connectivity index (χ0) is 14.3. The molecule has 0 aliphatic carbocycles. The summed E-state index contributed by atoms with van der Waals surface area (Å²) in [6.45, 7) is 0. The van der Waals surface area contributed by atoms with Crippen LogP contribution < -0.4 is 11.1 Å². The number of rotatable bonds is 3. The van der Waals surface area contributed by atoms with Crippen LogP contribution in [-0.4, -0.2) is 36.0 Å². The highest BCUT2D eigenvalue weighted by molar-refractivity contribution is 5.93. The number of nitrogens with two attached hydrogens (primary N) is 1. The second kappa shape index (κ2) is 5.05. The number of hydrogen-bond donors (Lipinski definition) is 2. The van der Waals surface area contributed by atoms with Crippen molar-refractivity contribution in [2.45, 2.75) is 43.8 Å². The summed E-state index contributed by atoms with van der Waals surface area (Å²) in [5, 5.41) is 3.26. The number of anilines is 1. The van der Waals surface area contributed by atoms with E-state index >= 15 is 0 Å². The first-order valence-electron chi connectivity index (χ1n) is 7.12. The van der Waals surface area contributed by atoms with Gasteiger partial charge in [0.25, 0.3) is 0 Å². The lowest BCUT2D eigenvalue weighted by atomic mass is 9.97. The lowest BCUT2D eigenvalue weighted by molar-refractivity contribution is 0.1000. The number of carbonyl (C=O) groups excluding carboxylic acids is 1. The molecule has 20 heavy (non-hydrogen) atoms. The van der Waals surface area contributed by atoms with Crippen LogP contribution in [0.25, 0.3) is 0 Å². The fourth-order valence-electron chi connectivity index (χ4n) is 3.54. The summed E-state index contributed by atoms with van der Waals surface area (Å²) in [7, 11) is 2.17. The second-order valence-electron chi connectivity index (χ2n) is 5.92. The predicted molar refractivity (Wildman–Crippen MR) is 76.1 cm³/mol. The summed E-state index contributed by atoms with van der Waals surface area (Å²) in [4.78, 5) is 13.6. The van der Waals surface area contributed by atoms with Gasteiger partial charge < -0.3 is 16.0 Å². The molecule has 0 aromatic heterocycles. The monoisotopic (exact) mass is 277 g/mol. The van der Waals surface area contributed by atoms with Gasteiger partial charge in [0.2, 0.25) is 5.91 Å². The van der Waals surface area contributed by atoms with Crippen LogP contribution in [0.5, 0.6) is 0 Å². The number of primary amides is 1. The minimum Gasteiger partial charge on any atom is -0.380 e. The van der Waals surface area contributed by atoms with Gasteiger partial charge in [0.15, 0.2) is 0 Å². The molecule has 2 unspecified atom stereocenters. The Balaban J connectivity index is 1.75. The van der Waals surface area contributed by atoms with Crippen LogP contribution in [0, 0.1) is 5.82 Å². The summed E-state index contributed by atoms with van der Waals surface area (Å²) in [5.74, 6) is -0.863. The van der Waals surface area contributed by atoms with Gasteiger partial charge in [0.05, 0.1) is 5.69 Å². The topological polar surface area (TPSA) is 58.4 Å². The van der Waals surface area contributed by atoms with Gasteiger partial charge in [-0.25, -0.2) is 4.39 Å². The molecule has 0 saturated carbocycles. The van der Waals surface area contributed by atoms with E-state index in [1.807, 2.05) is 0 Å². The molecular formula is C15H20FN3O. The first-order chi connectivity index (χ1) is 9.54. The number of hydrogen-bond acceptors (Lipinski definition) is 3. The first-order valence-corrected chi connectivity index (χ1v) is 7.12. The Labute approximate surface area is 118 Å². The molecule has 3 rings (SSSR count). The van der Waals surface area contributed by atoms with Crippen molar-refractivity contribution in [3.05, 3.63) is 29.6 Å². The Morgan fingerprint density at radius 1 is 1.35 bits per heavy atom. The van der Waals surface area contributed by atoms with E-state index in [4.69, 9.17) is 5.73 Å². The molecule has 2 heterocycles. The van der Waals surface area contributed by atoms with Crippen LogP contribution >= 0.6 is 0 Å². The summed E-state index contributed by atoms with van der Waals surface area (Å²) in [6.07, 6.45) is 4.49. The standard InChI is InChI=1S/C15H20FN3O/c1-19-11-3-4-12(19)8-10(7-11)18-14-6-9(15(17)20)2-5-13(14)16/h2,5-6,10-12,18H,3-4,7-8H2,1H3,(H2,17,20). The molecule has 2 atom stereocenters. The molecule has 2 aliphatic heterocycles. The van der Waals surface area contributed by atoms with Gasteiger partial charge in [0, 0.05) is 23.7 Å². The van der Waals surface area contributed by atoms with E-state index in [1.54, 1.807) is 0 Å². The van der Waals surface area contributed by atoms with Crippen molar-refractivity contribution >= 4 is 11.6 Å². The molecule has 1 aromatic rings. The van der Waals surface area contributed by atoms with Gasteiger partial charge in [-0.15, -0.1) is 0 Å². The highest BCUT2D eigenvalue weighted by atomic mass is 19.1. The van der Waals surface area contributed by atoms with Gasteiger partial charge in [-0.2, -0.15) is 0 Å². The minimum atomic E-state index is -0.531. The summed E-state index contributed by atoms with van der Waals surface area (Å²) >= 11 is 0. The van der Waals surface area contributed by atoms with Gasteiger partial charge >= 0.3 is 0 Å². The minimum absolute atomic E-state index is 0.265. The molecule has 5 heteroatoms. The third-order valence-electron chi connectivity index (χ3n) is 4.71. The van der Waals surface area contributed by atoms with Gasteiger partial charge in [0.1, 0.15) is 5.82 Å². The maximum Gasteiger partial charge on any atom is 0.248 e. The fraction of sp³-hybridized carbons (Fsp3) is 0.533. The lowest BCUT2D eigenvalue weighted by Crippen LogP contribution is -2.44. The average molecular weight is 277 g/mol. The predicted octanol–water partition coefficient (Wildman–Crippen LogP) is 1.96. The Morgan fingerprint density at radius 3 is 2.60 bits per heavy atom. The third kappa shape index (κ3) is 2.38.